The number of aliphatic imine (C=N–C) groups is 1. The van der Waals surface area contributed by atoms with Gasteiger partial charge in [-0.3, -0.25) is 9.79 Å². The van der Waals surface area contributed by atoms with Crippen molar-refractivity contribution in [3.05, 3.63) is 46.7 Å². The Labute approximate surface area is 119 Å². The van der Waals surface area contributed by atoms with Crippen LogP contribution in [0, 0.1) is 11.6 Å². The zero-order valence-corrected chi connectivity index (χ0v) is 11.5. The van der Waals surface area contributed by atoms with Gasteiger partial charge in [0.1, 0.15) is 11.6 Å². The lowest BCUT2D eigenvalue weighted by Crippen LogP contribution is -2.11. The van der Waals surface area contributed by atoms with Gasteiger partial charge in [0.05, 0.1) is 16.8 Å². The monoisotopic (exact) mass is 292 g/mol. The molecule has 1 heterocycles. The molecule has 0 saturated heterocycles. The summed E-state index contributed by atoms with van der Waals surface area (Å²) in [6.07, 6.45) is 2.80. The minimum atomic E-state index is -1.06. The second kappa shape index (κ2) is 5.74. The van der Waals surface area contributed by atoms with E-state index < -0.39 is 23.0 Å². The van der Waals surface area contributed by atoms with Gasteiger partial charge < -0.3 is 16.0 Å². The molecule has 110 valence electrons. The van der Waals surface area contributed by atoms with Crippen LogP contribution in [0.25, 0.3) is 0 Å². The molecule has 4 N–H and O–H groups in total. The Morgan fingerprint density at radius 3 is 2.76 bits per heavy atom. The molecule has 5 nitrogen and oxygen atoms in total. The van der Waals surface area contributed by atoms with Crippen LogP contribution in [0.5, 0.6) is 0 Å². The molecule has 0 aliphatic carbocycles. The predicted octanol–water partition coefficient (Wildman–Crippen LogP) is 2.20. The summed E-state index contributed by atoms with van der Waals surface area (Å²) in [5.41, 5.74) is 4.96. The molecule has 7 heteroatoms. The number of benzene rings is 1. The lowest BCUT2D eigenvalue weighted by Gasteiger charge is -2.06. The Morgan fingerprint density at radius 2 is 2.14 bits per heavy atom. The summed E-state index contributed by atoms with van der Waals surface area (Å²) in [4.78, 5) is 19.1. The maximum Gasteiger partial charge on any atom is 0.201 e. The largest absolute Gasteiger partial charge is 0.396 e. The van der Waals surface area contributed by atoms with E-state index in [0.717, 1.165) is 12.1 Å². The van der Waals surface area contributed by atoms with Gasteiger partial charge in [-0.05, 0) is 12.1 Å². The average Bonchev–Trinajstić information content (AvgIpc) is 2.86. The number of H-pyrrole nitrogens is 1. The van der Waals surface area contributed by atoms with Crippen LogP contribution in [-0.4, -0.2) is 31.1 Å². The fourth-order valence-corrected chi connectivity index (χ4v) is 2.00. The molecule has 0 radical (unpaired) electrons. The van der Waals surface area contributed by atoms with Crippen LogP contribution in [0.15, 0.2) is 23.3 Å². The number of ketones is 1. The third-order valence-corrected chi connectivity index (χ3v) is 3.02. The number of hydrogen-bond donors (Lipinski definition) is 3. The summed E-state index contributed by atoms with van der Waals surface area (Å²) in [6, 6.07) is 2.04. The molecule has 0 aliphatic heterocycles. The number of nitrogens with two attached hydrogens (primary N) is 1. The fraction of sp³-hybridized carbons (Fsp3) is 0.143. The normalized spacial score (nSPS) is 11.0. The third-order valence-electron chi connectivity index (χ3n) is 3.02. The highest BCUT2D eigenvalue weighted by Crippen LogP contribution is 2.25. The maximum absolute atomic E-state index is 14.0. The molecule has 2 rings (SSSR count). The van der Waals surface area contributed by atoms with E-state index in [1.807, 2.05) is 0 Å². The van der Waals surface area contributed by atoms with Crippen molar-refractivity contribution in [1.29, 1.82) is 0 Å². The number of aromatic amines is 1. The van der Waals surface area contributed by atoms with Gasteiger partial charge in [-0.1, -0.05) is 0 Å². The van der Waals surface area contributed by atoms with Crippen LogP contribution in [0.2, 0.25) is 0 Å². The van der Waals surface area contributed by atoms with Gasteiger partial charge >= 0.3 is 0 Å². The quantitative estimate of drug-likeness (QED) is 0.459. The molecule has 1 aromatic carbocycles. The Hall–Kier alpha value is -2.70. The van der Waals surface area contributed by atoms with Crippen LogP contribution in [0.4, 0.5) is 20.3 Å². The van der Waals surface area contributed by atoms with Crippen molar-refractivity contribution < 1.29 is 13.6 Å². The van der Waals surface area contributed by atoms with Gasteiger partial charge in [0.25, 0.3) is 0 Å². The number of nitrogens with one attached hydrogen (secondary N) is 2. The Morgan fingerprint density at radius 1 is 1.43 bits per heavy atom. The molecular formula is C14H14F2N4O. The highest BCUT2D eigenvalue weighted by atomic mass is 19.1. The van der Waals surface area contributed by atoms with Crippen LogP contribution in [0.1, 0.15) is 21.5 Å². The van der Waals surface area contributed by atoms with Crippen molar-refractivity contribution in [3.63, 3.8) is 0 Å². The van der Waals surface area contributed by atoms with Gasteiger partial charge in [-0.15, -0.1) is 0 Å². The van der Waals surface area contributed by atoms with E-state index in [1.54, 1.807) is 7.05 Å². The van der Waals surface area contributed by atoms with E-state index in [2.05, 4.69) is 15.3 Å². The first-order valence-corrected chi connectivity index (χ1v) is 6.10. The number of carbonyl (C=O) groups is 1. The molecular weight excluding hydrogens is 278 g/mol. The first-order valence-electron chi connectivity index (χ1n) is 6.10. The summed E-state index contributed by atoms with van der Waals surface area (Å²) in [5.74, 6) is -2.30. The zero-order valence-electron chi connectivity index (χ0n) is 11.5. The van der Waals surface area contributed by atoms with E-state index in [0.29, 0.717) is 11.4 Å². The van der Waals surface area contributed by atoms with Gasteiger partial charge in [-0.25, -0.2) is 8.78 Å². The lowest BCUT2D eigenvalue weighted by atomic mass is 10.0. The number of rotatable bonds is 4. The van der Waals surface area contributed by atoms with Crippen molar-refractivity contribution in [2.24, 2.45) is 4.99 Å². The SMILES string of the molecule is CN=Cc1c(C(=O)c2c(F)ccc(N)c2F)c[nH]c1NC. The van der Waals surface area contributed by atoms with Crippen LogP contribution in [-0.2, 0) is 0 Å². The first kappa shape index (κ1) is 14.7. The molecule has 0 saturated carbocycles. The summed E-state index contributed by atoms with van der Waals surface area (Å²) >= 11 is 0. The molecule has 2 aromatic rings. The van der Waals surface area contributed by atoms with E-state index in [9.17, 15) is 13.6 Å². The predicted molar refractivity (Wildman–Crippen MR) is 78.1 cm³/mol. The molecule has 0 atom stereocenters. The number of halogens is 2. The second-order valence-electron chi connectivity index (χ2n) is 4.28. The smallest absolute Gasteiger partial charge is 0.201 e. The van der Waals surface area contributed by atoms with E-state index in [4.69, 9.17) is 5.73 Å². The molecule has 0 unspecified atom stereocenters. The summed E-state index contributed by atoms with van der Waals surface area (Å²) in [7, 11) is 3.18. The van der Waals surface area contributed by atoms with Gasteiger partial charge in [0.15, 0.2) is 5.82 Å². The minimum Gasteiger partial charge on any atom is -0.396 e. The van der Waals surface area contributed by atoms with Crippen LogP contribution < -0.4 is 11.1 Å². The molecule has 0 spiro atoms. The van der Waals surface area contributed by atoms with Crippen molar-refractivity contribution in [1.82, 2.24) is 4.98 Å². The Balaban J connectivity index is 2.61. The number of carbonyl (C=O) groups excluding carboxylic acids is 1. The second-order valence-corrected chi connectivity index (χ2v) is 4.28. The van der Waals surface area contributed by atoms with Crippen LogP contribution >= 0.6 is 0 Å². The number of nitrogens with zero attached hydrogens (tertiary/aromatic N) is 1. The van der Waals surface area contributed by atoms with Crippen molar-refractivity contribution in [2.45, 2.75) is 0 Å². The molecule has 0 bridgehead atoms. The van der Waals surface area contributed by atoms with Gasteiger partial charge in [0, 0.05) is 32.1 Å². The average molecular weight is 292 g/mol. The number of aromatic nitrogens is 1. The third kappa shape index (κ3) is 2.49. The summed E-state index contributed by atoms with van der Waals surface area (Å²) in [6.45, 7) is 0. The van der Waals surface area contributed by atoms with E-state index >= 15 is 0 Å². The van der Waals surface area contributed by atoms with Crippen LogP contribution in [0.3, 0.4) is 0 Å². The molecule has 21 heavy (non-hydrogen) atoms. The molecule has 0 aliphatic rings. The summed E-state index contributed by atoms with van der Waals surface area (Å²) in [5, 5.41) is 2.84. The highest BCUT2D eigenvalue weighted by Gasteiger charge is 2.24. The first-order chi connectivity index (χ1) is 10.0. The Kier molecular flexibility index (Phi) is 4.02. The van der Waals surface area contributed by atoms with Crippen molar-refractivity contribution in [3.8, 4) is 0 Å². The van der Waals surface area contributed by atoms with E-state index in [-0.39, 0.29) is 11.3 Å². The van der Waals surface area contributed by atoms with Crippen molar-refractivity contribution in [2.75, 3.05) is 25.1 Å². The fourth-order valence-electron chi connectivity index (χ4n) is 2.00. The molecule has 0 amide bonds. The minimum absolute atomic E-state index is 0.105. The zero-order chi connectivity index (χ0) is 15.6. The van der Waals surface area contributed by atoms with Gasteiger partial charge in [-0.2, -0.15) is 0 Å². The number of hydrogen-bond acceptors (Lipinski definition) is 4. The van der Waals surface area contributed by atoms with E-state index in [1.165, 1.54) is 19.5 Å². The van der Waals surface area contributed by atoms with Gasteiger partial charge in [0.2, 0.25) is 5.78 Å². The van der Waals surface area contributed by atoms with Crippen molar-refractivity contribution >= 4 is 23.5 Å². The molecule has 1 aromatic heterocycles. The number of anilines is 2. The number of nitrogen functional groups attached to an aromatic ring is 1. The highest BCUT2D eigenvalue weighted by molar-refractivity contribution is 6.15. The Bertz CT molecular complexity index is 722. The molecule has 0 fully saturated rings. The lowest BCUT2D eigenvalue weighted by molar-refractivity contribution is 0.103. The standard InChI is InChI=1S/C14H14F2N4O/c1-18-5-8-7(6-20-14(8)19-2)13(21)11-9(15)3-4-10(17)12(11)16/h3-6,19-20H,17H2,1-2H3. The topological polar surface area (TPSA) is 83.3 Å². The maximum atomic E-state index is 14.0. The summed E-state index contributed by atoms with van der Waals surface area (Å²) < 4.78 is 27.8.